The lowest BCUT2D eigenvalue weighted by atomic mass is 10.1. The predicted octanol–water partition coefficient (Wildman–Crippen LogP) is 2.83. The van der Waals surface area contributed by atoms with Gasteiger partial charge in [0, 0.05) is 5.69 Å². The highest BCUT2D eigenvalue weighted by atomic mass is 19.4. The first-order valence-corrected chi connectivity index (χ1v) is 5.68. The van der Waals surface area contributed by atoms with Crippen molar-refractivity contribution >= 4 is 17.6 Å². The standard InChI is InChI=1S/C12H12F3N5/c1-6-3-7(2)5-8(4-6)17-11-19-9(12(13,14)15)18-10(16)20-11/h3-5H,1-2H3,(H3,16,17,18,19,20). The van der Waals surface area contributed by atoms with Crippen molar-refractivity contribution in [3.8, 4) is 0 Å². The first-order chi connectivity index (χ1) is 9.24. The molecule has 3 N–H and O–H groups in total. The molecular weight excluding hydrogens is 271 g/mol. The van der Waals surface area contributed by atoms with Gasteiger partial charge in [0.05, 0.1) is 0 Å². The summed E-state index contributed by atoms with van der Waals surface area (Å²) >= 11 is 0. The van der Waals surface area contributed by atoms with Crippen molar-refractivity contribution in [3.63, 3.8) is 0 Å². The third-order valence-corrected chi connectivity index (χ3v) is 2.38. The van der Waals surface area contributed by atoms with Gasteiger partial charge in [0.15, 0.2) is 0 Å². The number of alkyl halides is 3. The van der Waals surface area contributed by atoms with Crippen molar-refractivity contribution in [2.24, 2.45) is 0 Å². The number of aryl methyl sites for hydroxylation is 2. The summed E-state index contributed by atoms with van der Waals surface area (Å²) in [7, 11) is 0. The summed E-state index contributed by atoms with van der Waals surface area (Å²) in [6.45, 7) is 3.75. The summed E-state index contributed by atoms with van der Waals surface area (Å²) in [5, 5.41) is 2.70. The molecule has 2 rings (SSSR count). The molecule has 20 heavy (non-hydrogen) atoms. The summed E-state index contributed by atoms with van der Waals surface area (Å²) in [6, 6.07) is 5.47. The minimum absolute atomic E-state index is 0.241. The quantitative estimate of drug-likeness (QED) is 0.886. The summed E-state index contributed by atoms with van der Waals surface area (Å²) in [5.41, 5.74) is 7.78. The molecule has 8 heteroatoms. The fourth-order valence-corrected chi connectivity index (χ4v) is 1.75. The van der Waals surface area contributed by atoms with Gasteiger partial charge in [0.25, 0.3) is 0 Å². The van der Waals surface area contributed by atoms with E-state index in [0.29, 0.717) is 5.69 Å². The Hall–Kier alpha value is -2.38. The van der Waals surface area contributed by atoms with Gasteiger partial charge in [-0.15, -0.1) is 0 Å². The Morgan fingerprint density at radius 3 is 2.15 bits per heavy atom. The highest BCUT2D eigenvalue weighted by Crippen LogP contribution is 2.27. The maximum atomic E-state index is 12.6. The number of nitrogens with one attached hydrogen (secondary N) is 1. The van der Waals surface area contributed by atoms with E-state index in [1.807, 2.05) is 19.9 Å². The minimum atomic E-state index is -4.67. The number of benzene rings is 1. The first-order valence-electron chi connectivity index (χ1n) is 5.68. The third kappa shape index (κ3) is 3.34. The smallest absolute Gasteiger partial charge is 0.368 e. The maximum Gasteiger partial charge on any atom is 0.451 e. The molecule has 0 aliphatic carbocycles. The largest absolute Gasteiger partial charge is 0.451 e. The van der Waals surface area contributed by atoms with Gasteiger partial charge in [0.1, 0.15) is 0 Å². The average molecular weight is 283 g/mol. The Balaban J connectivity index is 2.36. The van der Waals surface area contributed by atoms with Crippen LogP contribution in [0.3, 0.4) is 0 Å². The van der Waals surface area contributed by atoms with Crippen molar-refractivity contribution in [1.82, 2.24) is 15.0 Å². The molecular formula is C12H12F3N5. The molecule has 0 saturated heterocycles. The molecule has 0 spiro atoms. The van der Waals surface area contributed by atoms with Crippen molar-refractivity contribution < 1.29 is 13.2 Å². The Labute approximate surface area is 113 Å². The number of hydrogen-bond donors (Lipinski definition) is 2. The van der Waals surface area contributed by atoms with E-state index in [-0.39, 0.29) is 5.95 Å². The number of halogens is 3. The topological polar surface area (TPSA) is 76.7 Å². The van der Waals surface area contributed by atoms with Crippen LogP contribution in [0.5, 0.6) is 0 Å². The average Bonchev–Trinajstić information content (AvgIpc) is 2.25. The van der Waals surface area contributed by atoms with Crippen LogP contribution in [-0.4, -0.2) is 15.0 Å². The number of hydrogen-bond acceptors (Lipinski definition) is 5. The van der Waals surface area contributed by atoms with Crippen LogP contribution in [0.2, 0.25) is 0 Å². The third-order valence-electron chi connectivity index (χ3n) is 2.38. The monoisotopic (exact) mass is 283 g/mol. The molecule has 5 nitrogen and oxygen atoms in total. The second-order valence-corrected chi connectivity index (χ2v) is 4.34. The summed E-state index contributed by atoms with van der Waals surface area (Å²) in [5.74, 6) is -2.05. The van der Waals surface area contributed by atoms with E-state index in [2.05, 4.69) is 20.3 Å². The molecule has 1 aromatic heterocycles. The second kappa shape index (κ2) is 4.95. The van der Waals surface area contributed by atoms with Crippen molar-refractivity contribution in [2.45, 2.75) is 20.0 Å². The van der Waals surface area contributed by atoms with Crippen molar-refractivity contribution in [1.29, 1.82) is 0 Å². The molecule has 0 fully saturated rings. The highest BCUT2D eigenvalue weighted by molar-refractivity contribution is 5.56. The number of anilines is 3. The second-order valence-electron chi connectivity index (χ2n) is 4.34. The fraction of sp³-hybridized carbons (Fsp3) is 0.250. The minimum Gasteiger partial charge on any atom is -0.368 e. The lowest BCUT2D eigenvalue weighted by molar-refractivity contribution is -0.144. The zero-order valence-corrected chi connectivity index (χ0v) is 10.8. The van der Waals surface area contributed by atoms with Gasteiger partial charge in [-0.05, 0) is 37.1 Å². The van der Waals surface area contributed by atoms with Crippen molar-refractivity contribution in [3.05, 3.63) is 35.2 Å². The van der Waals surface area contributed by atoms with Gasteiger partial charge in [-0.3, -0.25) is 0 Å². The van der Waals surface area contributed by atoms with E-state index in [1.165, 1.54) is 0 Å². The van der Waals surface area contributed by atoms with Gasteiger partial charge in [0.2, 0.25) is 17.7 Å². The molecule has 0 amide bonds. The van der Waals surface area contributed by atoms with Gasteiger partial charge in [-0.1, -0.05) is 6.07 Å². The van der Waals surface area contributed by atoms with Crippen LogP contribution < -0.4 is 11.1 Å². The Kier molecular flexibility index (Phi) is 3.47. The molecule has 1 heterocycles. The van der Waals surface area contributed by atoms with E-state index in [0.717, 1.165) is 11.1 Å². The zero-order valence-electron chi connectivity index (χ0n) is 10.8. The molecule has 0 saturated carbocycles. The Morgan fingerprint density at radius 2 is 1.60 bits per heavy atom. The summed E-state index contributed by atoms with van der Waals surface area (Å²) in [6.07, 6.45) is -4.67. The Bertz CT molecular complexity index is 619. The first kappa shape index (κ1) is 14.0. The van der Waals surface area contributed by atoms with Gasteiger partial charge >= 0.3 is 6.18 Å². The SMILES string of the molecule is Cc1cc(C)cc(Nc2nc(N)nc(C(F)(F)F)n2)c1. The molecule has 0 unspecified atom stereocenters. The van der Waals surface area contributed by atoms with Crippen LogP contribution in [-0.2, 0) is 6.18 Å². The molecule has 2 aromatic rings. The number of nitrogens with two attached hydrogens (primary N) is 1. The van der Waals surface area contributed by atoms with Crippen LogP contribution in [0, 0.1) is 13.8 Å². The predicted molar refractivity (Wildman–Crippen MR) is 68.4 cm³/mol. The van der Waals surface area contributed by atoms with Crippen molar-refractivity contribution in [2.75, 3.05) is 11.1 Å². The van der Waals surface area contributed by atoms with Crippen LogP contribution in [0.15, 0.2) is 18.2 Å². The van der Waals surface area contributed by atoms with Gasteiger partial charge in [-0.2, -0.15) is 28.1 Å². The normalized spacial score (nSPS) is 11.4. The van der Waals surface area contributed by atoms with Crippen LogP contribution in [0.25, 0.3) is 0 Å². The molecule has 1 aromatic carbocycles. The van der Waals surface area contributed by atoms with E-state index >= 15 is 0 Å². The molecule has 0 aliphatic heterocycles. The molecule has 0 aliphatic rings. The lowest BCUT2D eigenvalue weighted by Gasteiger charge is -2.10. The van der Waals surface area contributed by atoms with E-state index in [4.69, 9.17) is 5.73 Å². The lowest BCUT2D eigenvalue weighted by Crippen LogP contribution is -2.15. The summed E-state index contributed by atoms with van der Waals surface area (Å²) < 4.78 is 37.7. The van der Waals surface area contributed by atoms with E-state index in [9.17, 15) is 13.2 Å². The number of rotatable bonds is 2. The highest BCUT2D eigenvalue weighted by Gasteiger charge is 2.35. The van der Waals surface area contributed by atoms with Crippen LogP contribution in [0.4, 0.5) is 30.8 Å². The zero-order chi connectivity index (χ0) is 14.9. The molecule has 0 radical (unpaired) electrons. The molecule has 106 valence electrons. The number of aromatic nitrogens is 3. The van der Waals surface area contributed by atoms with Crippen LogP contribution in [0.1, 0.15) is 17.0 Å². The molecule has 0 bridgehead atoms. The Morgan fingerprint density at radius 1 is 1.00 bits per heavy atom. The van der Waals surface area contributed by atoms with Crippen LogP contribution >= 0.6 is 0 Å². The maximum absolute atomic E-state index is 12.6. The number of nitrogen functional groups attached to an aromatic ring is 1. The fourth-order valence-electron chi connectivity index (χ4n) is 1.75. The number of nitrogens with zero attached hydrogens (tertiary/aromatic N) is 3. The van der Waals surface area contributed by atoms with Gasteiger partial charge in [-0.25, -0.2) is 0 Å². The van der Waals surface area contributed by atoms with Gasteiger partial charge < -0.3 is 11.1 Å². The molecule has 0 atom stereocenters. The van der Waals surface area contributed by atoms with E-state index in [1.54, 1.807) is 12.1 Å². The summed E-state index contributed by atoms with van der Waals surface area (Å²) in [4.78, 5) is 10.0. The van der Waals surface area contributed by atoms with E-state index < -0.39 is 17.9 Å².